The minimum Gasteiger partial charge on any atom is -0.319 e. The molecule has 70 valence electrons. The smallest absolute Gasteiger partial charge is 0.00395 e. The quantitative estimate of drug-likeness (QED) is 0.637. The third-order valence-electron chi connectivity index (χ3n) is 2.90. The van der Waals surface area contributed by atoms with Crippen molar-refractivity contribution in [3.63, 3.8) is 0 Å². The van der Waals surface area contributed by atoms with E-state index in [9.17, 15) is 0 Å². The molecular formula is C11H21N. The van der Waals surface area contributed by atoms with Crippen molar-refractivity contribution in [2.75, 3.05) is 13.6 Å². The molecule has 0 amide bonds. The highest BCUT2D eigenvalue weighted by Gasteiger charge is 2.27. The monoisotopic (exact) mass is 167 g/mol. The van der Waals surface area contributed by atoms with E-state index in [2.05, 4.69) is 31.4 Å². The predicted octanol–water partition coefficient (Wildman–Crippen LogP) is 2.73. The minimum atomic E-state index is 0.488. The van der Waals surface area contributed by atoms with Gasteiger partial charge in [-0.05, 0) is 26.8 Å². The molecule has 1 heteroatoms. The standard InChI is InChI=1S/C11H21N/c1-3-7-11(10-12-2)8-5-4-6-9-11/h3,7,12H,4-6,8-10H2,1-2H3/b7-3-. The van der Waals surface area contributed by atoms with Crippen LogP contribution in [-0.2, 0) is 0 Å². The molecule has 0 unspecified atom stereocenters. The summed E-state index contributed by atoms with van der Waals surface area (Å²) in [6.07, 6.45) is 11.6. The van der Waals surface area contributed by atoms with E-state index in [1.807, 2.05) is 0 Å². The minimum absolute atomic E-state index is 0.488. The fourth-order valence-electron chi connectivity index (χ4n) is 2.36. The van der Waals surface area contributed by atoms with Crippen LogP contribution in [0.1, 0.15) is 39.0 Å². The molecule has 0 spiro atoms. The maximum Gasteiger partial charge on any atom is 0.00395 e. The molecule has 1 nitrogen and oxygen atoms in total. The summed E-state index contributed by atoms with van der Waals surface area (Å²) in [6, 6.07) is 0. The average Bonchev–Trinajstić information content (AvgIpc) is 2.07. The van der Waals surface area contributed by atoms with Gasteiger partial charge in [0.15, 0.2) is 0 Å². The molecule has 1 aliphatic rings. The lowest BCUT2D eigenvalue weighted by Crippen LogP contribution is -2.32. The van der Waals surface area contributed by atoms with Gasteiger partial charge in [-0.25, -0.2) is 0 Å². The molecule has 0 aromatic heterocycles. The molecule has 1 N–H and O–H groups in total. The molecule has 0 radical (unpaired) electrons. The maximum absolute atomic E-state index is 3.31. The molecule has 12 heavy (non-hydrogen) atoms. The lowest BCUT2D eigenvalue weighted by atomic mass is 9.74. The Morgan fingerprint density at radius 2 is 1.92 bits per heavy atom. The van der Waals surface area contributed by atoms with Crippen molar-refractivity contribution in [3.05, 3.63) is 12.2 Å². The van der Waals surface area contributed by atoms with E-state index in [4.69, 9.17) is 0 Å². The molecule has 0 bridgehead atoms. The van der Waals surface area contributed by atoms with Gasteiger partial charge in [-0.3, -0.25) is 0 Å². The van der Waals surface area contributed by atoms with Gasteiger partial charge in [-0.2, -0.15) is 0 Å². The van der Waals surface area contributed by atoms with Crippen LogP contribution in [0.25, 0.3) is 0 Å². The highest BCUT2D eigenvalue weighted by atomic mass is 14.8. The van der Waals surface area contributed by atoms with Crippen LogP contribution in [0.2, 0.25) is 0 Å². The Kier molecular flexibility index (Phi) is 3.80. The first-order valence-corrected chi connectivity index (χ1v) is 5.11. The van der Waals surface area contributed by atoms with Crippen molar-refractivity contribution < 1.29 is 0 Å². The third kappa shape index (κ3) is 2.34. The van der Waals surface area contributed by atoms with Gasteiger partial charge < -0.3 is 5.32 Å². The van der Waals surface area contributed by atoms with E-state index in [0.29, 0.717) is 5.41 Å². The summed E-state index contributed by atoms with van der Waals surface area (Å²) in [5.41, 5.74) is 0.488. The predicted molar refractivity (Wildman–Crippen MR) is 54.3 cm³/mol. The van der Waals surface area contributed by atoms with Crippen LogP contribution in [0, 0.1) is 5.41 Å². The summed E-state index contributed by atoms with van der Waals surface area (Å²) < 4.78 is 0. The Bertz CT molecular complexity index is 138. The molecule has 0 saturated heterocycles. The number of nitrogens with one attached hydrogen (secondary N) is 1. The molecule has 0 aromatic carbocycles. The number of rotatable bonds is 3. The van der Waals surface area contributed by atoms with Gasteiger partial charge in [0.25, 0.3) is 0 Å². The highest BCUT2D eigenvalue weighted by molar-refractivity contribution is 5.01. The summed E-state index contributed by atoms with van der Waals surface area (Å²) in [7, 11) is 2.06. The van der Waals surface area contributed by atoms with Gasteiger partial charge in [-0.1, -0.05) is 31.4 Å². The summed E-state index contributed by atoms with van der Waals surface area (Å²) in [5, 5.41) is 3.31. The fraction of sp³-hybridized carbons (Fsp3) is 0.818. The Morgan fingerprint density at radius 3 is 2.42 bits per heavy atom. The summed E-state index contributed by atoms with van der Waals surface area (Å²) >= 11 is 0. The molecular weight excluding hydrogens is 146 g/mol. The van der Waals surface area contributed by atoms with Gasteiger partial charge in [0, 0.05) is 12.0 Å². The van der Waals surface area contributed by atoms with Gasteiger partial charge >= 0.3 is 0 Å². The Labute approximate surface area is 76.2 Å². The summed E-state index contributed by atoms with van der Waals surface area (Å²) in [6.45, 7) is 3.28. The van der Waals surface area contributed by atoms with E-state index < -0.39 is 0 Å². The second-order valence-corrected chi connectivity index (χ2v) is 3.95. The zero-order valence-corrected chi connectivity index (χ0v) is 8.40. The van der Waals surface area contributed by atoms with Crippen molar-refractivity contribution in [2.24, 2.45) is 5.41 Å². The maximum atomic E-state index is 3.31. The van der Waals surface area contributed by atoms with Gasteiger partial charge in [-0.15, -0.1) is 0 Å². The van der Waals surface area contributed by atoms with Crippen molar-refractivity contribution in [3.8, 4) is 0 Å². The topological polar surface area (TPSA) is 12.0 Å². The molecule has 0 heterocycles. The van der Waals surface area contributed by atoms with E-state index in [-0.39, 0.29) is 0 Å². The first-order chi connectivity index (χ1) is 5.83. The first-order valence-electron chi connectivity index (χ1n) is 5.11. The second kappa shape index (κ2) is 4.66. The Hall–Kier alpha value is -0.300. The van der Waals surface area contributed by atoms with Crippen molar-refractivity contribution in [2.45, 2.75) is 39.0 Å². The first kappa shape index (κ1) is 9.79. The van der Waals surface area contributed by atoms with Crippen molar-refractivity contribution in [1.29, 1.82) is 0 Å². The molecule has 0 atom stereocenters. The van der Waals surface area contributed by atoms with Gasteiger partial charge in [0.05, 0.1) is 0 Å². The van der Waals surface area contributed by atoms with Crippen LogP contribution >= 0.6 is 0 Å². The molecule has 1 fully saturated rings. The number of hydrogen-bond acceptors (Lipinski definition) is 1. The zero-order valence-electron chi connectivity index (χ0n) is 8.40. The van der Waals surface area contributed by atoms with Crippen molar-refractivity contribution >= 4 is 0 Å². The van der Waals surface area contributed by atoms with E-state index >= 15 is 0 Å². The molecule has 1 aliphatic carbocycles. The van der Waals surface area contributed by atoms with Crippen LogP contribution in [-0.4, -0.2) is 13.6 Å². The number of allylic oxidation sites excluding steroid dienone is 1. The van der Waals surface area contributed by atoms with Gasteiger partial charge in [0.2, 0.25) is 0 Å². The molecule has 0 aromatic rings. The summed E-state index contributed by atoms with van der Waals surface area (Å²) in [5.74, 6) is 0. The normalized spacial score (nSPS) is 23.2. The van der Waals surface area contributed by atoms with Crippen LogP contribution in [0.4, 0.5) is 0 Å². The SMILES string of the molecule is C/C=C\C1(CNC)CCCCC1. The Balaban J connectivity index is 2.56. The Morgan fingerprint density at radius 1 is 1.25 bits per heavy atom. The van der Waals surface area contributed by atoms with Crippen LogP contribution < -0.4 is 5.32 Å². The molecule has 1 rings (SSSR count). The number of hydrogen-bond donors (Lipinski definition) is 1. The second-order valence-electron chi connectivity index (χ2n) is 3.95. The van der Waals surface area contributed by atoms with Crippen LogP contribution in [0.5, 0.6) is 0 Å². The zero-order chi connectivity index (χ0) is 8.86. The van der Waals surface area contributed by atoms with E-state index in [1.165, 1.54) is 32.1 Å². The van der Waals surface area contributed by atoms with Gasteiger partial charge in [0.1, 0.15) is 0 Å². The largest absolute Gasteiger partial charge is 0.319 e. The molecule has 1 saturated carbocycles. The lowest BCUT2D eigenvalue weighted by molar-refractivity contribution is 0.252. The van der Waals surface area contributed by atoms with E-state index in [0.717, 1.165) is 6.54 Å². The van der Waals surface area contributed by atoms with E-state index in [1.54, 1.807) is 0 Å². The summed E-state index contributed by atoms with van der Waals surface area (Å²) in [4.78, 5) is 0. The van der Waals surface area contributed by atoms with Crippen LogP contribution in [0.15, 0.2) is 12.2 Å². The van der Waals surface area contributed by atoms with Crippen LogP contribution in [0.3, 0.4) is 0 Å². The molecule has 0 aliphatic heterocycles. The third-order valence-corrected chi connectivity index (χ3v) is 2.90. The highest BCUT2D eigenvalue weighted by Crippen LogP contribution is 2.36. The van der Waals surface area contributed by atoms with Crippen molar-refractivity contribution in [1.82, 2.24) is 5.32 Å². The fourth-order valence-corrected chi connectivity index (χ4v) is 2.36. The lowest BCUT2D eigenvalue weighted by Gasteiger charge is -2.34. The average molecular weight is 167 g/mol.